The van der Waals surface area contributed by atoms with Crippen molar-refractivity contribution in [1.29, 1.82) is 0 Å². The topological polar surface area (TPSA) is 97.0 Å². The number of aryl methyl sites for hydroxylation is 1. The van der Waals surface area contributed by atoms with E-state index in [9.17, 15) is 14.4 Å². The van der Waals surface area contributed by atoms with Crippen LogP contribution in [0.3, 0.4) is 0 Å². The van der Waals surface area contributed by atoms with Crippen LogP contribution in [0.1, 0.15) is 22.8 Å². The molecule has 3 aromatic carbocycles. The Morgan fingerprint density at radius 1 is 1.03 bits per heavy atom. The minimum Gasteiger partial charge on any atom is -0.492 e. The molecule has 180 valence electrons. The standard InChI is InChI=1S/C27H27N3O5/c1-18-7-6-10-22(15-18)34-14-13-30-23-12-11-21(16-24(23)35-19(2)27(30)33)29-25(31)17-28-26(32)20-8-4-3-5-9-20/h3-12,15-16,19H,13-14,17H2,1-2H3,(H,28,32)(H,29,31). The molecule has 0 saturated carbocycles. The third kappa shape index (κ3) is 5.97. The molecule has 1 aliphatic heterocycles. The van der Waals surface area contributed by atoms with Crippen LogP contribution in [-0.2, 0) is 9.59 Å². The smallest absolute Gasteiger partial charge is 0.267 e. The van der Waals surface area contributed by atoms with E-state index in [1.165, 1.54) is 0 Å². The Bertz CT molecular complexity index is 1230. The zero-order chi connectivity index (χ0) is 24.8. The number of hydrogen-bond acceptors (Lipinski definition) is 5. The van der Waals surface area contributed by atoms with Crippen LogP contribution in [0.15, 0.2) is 72.8 Å². The van der Waals surface area contributed by atoms with Crippen LogP contribution in [-0.4, -0.2) is 43.5 Å². The molecular weight excluding hydrogens is 446 g/mol. The minimum atomic E-state index is -0.669. The van der Waals surface area contributed by atoms with Gasteiger partial charge >= 0.3 is 0 Å². The van der Waals surface area contributed by atoms with Gasteiger partial charge in [-0.15, -0.1) is 0 Å². The summed E-state index contributed by atoms with van der Waals surface area (Å²) in [6.45, 7) is 4.17. The zero-order valence-electron chi connectivity index (χ0n) is 19.6. The highest BCUT2D eigenvalue weighted by atomic mass is 16.5. The van der Waals surface area contributed by atoms with E-state index in [2.05, 4.69) is 10.6 Å². The van der Waals surface area contributed by atoms with Gasteiger partial charge in [0.05, 0.1) is 18.8 Å². The van der Waals surface area contributed by atoms with E-state index in [0.29, 0.717) is 35.8 Å². The molecule has 0 bridgehead atoms. The van der Waals surface area contributed by atoms with E-state index in [4.69, 9.17) is 9.47 Å². The second-order valence-electron chi connectivity index (χ2n) is 8.19. The van der Waals surface area contributed by atoms with E-state index in [1.807, 2.05) is 37.3 Å². The van der Waals surface area contributed by atoms with Crippen molar-refractivity contribution in [2.24, 2.45) is 0 Å². The van der Waals surface area contributed by atoms with Crippen LogP contribution in [0.25, 0.3) is 0 Å². The van der Waals surface area contributed by atoms with Crippen molar-refractivity contribution in [3.63, 3.8) is 0 Å². The molecule has 0 fully saturated rings. The molecule has 1 unspecified atom stereocenters. The van der Waals surface area contributed by atoms with Gasteiger partial charge in [0.25, 0.3) is 11.8 Å². The molecule has 8 nitrogen and oxygen atoms in total. The number of nitrogens with zero attached hydrogens (tertiary/aromatic N) is 1. The highest BCUT2D eigenvalue weighted by Gasteiger charge is 2.31. The van der Waals surface area contributed by atoms with Crippen molar-refractivity contribution in [2.75, 3.05) is 29.9 Å². The number of anilines is 2. The first-order valence-corrected chi connectivity index (χ1v) is 11.4. The second-order valence-corrected chi connectivity index (χ2v) is 8.19. The molecule has 3 amide bonds. The van der Waals surface area contributed by atoms with Gasteiger partial charge in [-0.2, -0.15) is 0 Å². The molecule has 1 heterocycles. The molecule has 0 aliphatic carbocycles. The van der Waals surface area contributed by atoms with E-state index in [0.717, 1.165) is 11.3 Å². The number of fused-ring (bicyclic) bond motifs is 1. The molecule has 35 heavy (non-hydrogen) atoms. The number of benzene rings is 3. The van der Waals surface area contributed by atoms with E-state index in [-0.39, 0.29) is 24.3 Å². The Morgan fingerprint density at radius 3 is 2.60 bits per heavy atom. The maximum Gasteiger partial charge on any atom is 0.267 e. The highest BCUT2D eigenvalue weighted by Crippen LogP contribution is 2.36. The van der Waals surface area contributed by atoms with Crippen LogP contribution < -0.4 is 25.0 Å². The predicted molar refractivity (Wildman–Crippen MR) is 133 cm³/mol. The summed E-state index contributed by atoms with van der Waals surface area (Å²) in [7, 11) is 0. The van der Waals surface area contributed by atoms with Crippen molar-refractivity contribution < 1.29 is 23.9 Å². The summed E-state index contributed by atoms with van der Waals surface area (Å²) in [6.07, 6.45) is -0.669. The van der Waals surface area contributed by atoms with Crippen molar-refractivity contribution in [3.8, 4) is 11.5 Å². The molecule has 0 radical (unpaired) electrons. The van der Waals surface area contributed by atoms with E-state index < -0.39 is 6.10 Å². The fourth-order valence-corrected chi connectivity index (χ4v) is 3.74. The Kier molecular flexibility index (Phi) is 7.30. The van der Waals surface area contributed by atoms with Gasteiger partial charge in [-0.05, 0) is 55.8 Å². The van der Waals surface area contributed by atoms with Gasteiger partial charge in [0.2, 0.25) is 5.91 Å². The summed E-state index contributed by atoms with van der Waals surface area (Å²) in [6, 6.07) is 21.5. The van der Waals surface area contributed by atoms with Gasteiger partial charge in [0.1, 0.15) is 18.1 Å². The number of hydrogen-bond donors (Lipinski definition) is 2. The highest BCUT2D eigenvalue weighted by molar-refractivity contribution is 6.01. The summed E-state index contributed by atoms with van der Waals surface area (Å²) in [5.74, 6) is 0.365. The third-order valence-corrected chi connectivity index (χ3v) is 5.47. The van der Waals surface area contributed by atoms with Gasteiger partial charge in [-0.1, -0.05) is 30.3 Å². The van der Waals surface area contributed by atoms with Gasteiger partial charge in [0, 0.05) is 17.3 Å². The van der Waals surface area contributed by atoms with Crippen LogP contribution in [0, 0.1) is 6.92 Å². The van der Waals surface area contributed by atoms with Gasteiger partial charge in [0.15, 0.2) is 6.10 Å². The molecule has 8 heteroatoms. The number of ether oxygens (including phenoxy) is 2. The average Bonchev–Trinajstić information content (AvgIpc) is 2.85. The largest absolute Gasteiger partial charge is 0.492 e. The second kappa shape index (κ2) is 10.7. The van der Waals surface area contributed by atoms with Crippen molar-refractivity contribution >= 4 is 29.1 Å². The van der Waals surface area contributed by atoms with E-state index >= 15 is 0 Å². The zero-order valence-corrected chi connectivity index (χ0v) is 19.6. The van der Waals surface area contributed by atoms with Gasteiger partial charge < -0.3 is 25.0 Å². The molecule has 1 aliphatic rings. The minimum absolute atomic E-state index is 0.161. The lowest BCUT2D eigenvalue weighted by molar-refractivity contribution is -0.125. The first-order chi connectivity index (χ1) is 16.9. The average molecular weight is 474 g/mol. The normalized spacial score (nSPS) is 14.5. The molecule has 1 atom stereocenters. The van der Waals surface area contributed by atoms with Crippen LogP contribution in [0.2, 0.25) is 0 Å². The summed E-state index contributed by atoms with van der Waals surface area (Å²) < 4.78 is 11.6. The SMILES string of the molecule is Cc1cccc(OCCN2C(=O)C(C)Oc3cc(NC(=O)CNC(=O)c4ccccc4)ccc32)c1. The summed E-state index contributed by atoms with van der Waals surface area (Å²) in [5.41, 5.74) is 2.68. The van der Waals surface area contributed by atoms with Crippen LogP contribution >= 0.6 is 0 Å². The first kappa shape index (κ1) is 23.8. The lowest BCUT2D eigenvalue weighted by Crippen LogP contribution is -2.46. The first-order valence-electron chi connectivity index (χ1n) is 11.4. The Hall–Kier alpha value is -4.33. The predicted octanol–water partition coefficient (Wildman–Crippen LogP) is 3.56. The lowest BCUT2D eigenvalue weighted by Gasteiger charge is -2.33. The maximum absolute atomic E-state index is 12.7. The molecule has 0 aromatic heterocycles. The van der Waals surface area contributed by atoms with E-state index in [1.54, 1.807) is 54.3 Å². The van der Waals surface area contributed by atoms with Crippen LogP contribution in [0.4, 0.5) is 11.4 Å². The third-order valence-electron chi connectivity index (χ3n) is 5.47. The van der Waals surface area contributed by atoms with Gasteiger partial charge in [-0.3, -0.25) is 14.4 Å². The fraction of sp³-hybridized carbons (Fsp3) is 0.222. The quantitative estimate of drug-likeness (QED) is 0.522. The Labute approximate surface area is 203 Å². The lowest BCUT2D eigenvalue weighted by atomic mass is 10.1. The van der Waals surface area contributed by atoms with Crippen molar-refractivity contribution in [1.82, 2.24) is 5.32 Å². The number of carbonyl (C=O) groups excluding carboxylic acids is 3. The molecule has 3 aromatic rings. The van der Waals surface area contributed by atoms with Crippen molar-refractivity contribution in [3.05, 3.63) is 83.9 Å². The Morgan fingerprint density at radius 2 is 1.83 bits per heavy atom. The maximum atomic E-state index is 12.7. The summed E-state index contributed by atoms with van der Waals surface area (Å²) in [5, 5.41) is 5.34. The van der Waals surface area contributed by atoms with Crippen molar-refractivity contribution in [2.45, 2.75) is 20.0 Å². The molecular formula is C27H27N3O5. The summed E-state index contributed by atoms with van der Waals surface area (Å²) in [4.78, 5) is 38.9. The molecule has 0 saturated heterocycles. The number of amides is 3. The Balaban J connectivity index is 1.37. The monoisotopic (exact) mass is 473 g/mol. The number of nitrogens with one attached hydrogen (secondary N) is 2. The number of rotatable bonds is 8. The molecule has 0 spiro atoms. The fourth-order valence-electron chi connectivity index (χ4n) is 3.74. The summed E-state index contributed by atoms with van der Waals surface area (Å²) >= 11 is 0. The number of carbonyl (C=O) groups is 3. The molecule has 4 rings (SSSR count). The molecule has 2 N–H and O–H groups in total. The van der Waals surface area contributed by atoms with Crippen LogP contribution in [0.5, 0.6) is 11.5 Å². The van der Waals surface area contributed by atoms with Gasteiger partial charge in [-0.25, -0.2) is 0 Å².